The molecule has 122 valence electrons. The van der Waals surface area contributed by atoms with Crippen LogP contribution in [0.15, 0.2) is 53.1 Å². The highest BCUT2D eigenvalue weighted by Crippen LogP contribution is 2.24. The summed E-state index contributed by atoms with van der Waals surface area (Å²) in [7, 11) is 1.97. The second-order valence-corrected chi connectivity index (χ2v) is 5.89. The molecule has 5 heteroatoms. The summed E-state index contributed by atoms with van der Waals surface area (Å²) in [5.41, 5.74) is 1.18. The molecule has 0 saturated carbocycles. The number of piperazine rings is 1. The average molecular weight is 313 g/mol. The van der Waals surface area contributed by atoms with E-state index in [9.17, 15) is 4.79 Å². The number of likely N-dealkylation sites (N-methyl/N-ethyl adjacent to an activating group) is 1. The van der Waals surface area contributed by atoms with Crippen LogP contribution in [0.1, 0.15) is 17.4 Å². The van der Waals surface area contributed by atoms with Crippen LogP contribution in [0.3, 0.4) is 0 Å². The van der Waals surface area contributed by atoms with E-state index in [0.29, 0.717) is 12.3 Å². The molecule has 3 rings (SSSR count). The first kappa shape index (κ1) is 15.8. The first-order valence-corrected chi connectivity index (χ1v) is 8.03. The lowest BCUT2D eigenvalue weighted by Crippen LogP contribution is -2.50. The zero-order valence-electron chi connectivity index (χ0n) is 13.4. The fourth-order valence-electron chi connectivity index (χ4n) is 3.00. The van der Waals surface area contributed by atoms with E-state index in [1.807, 2.05) is 42.3 Å². The quantitative estimate of drug-likeness (QED) is 0.916. The Bertz CT molecular complexity index is 606. The van der Waals surface area contributed by atoms with Crippen LogP contribution in [0, 0.1) is 0 Å². The minimum Gasteiger partial charge on any atom is -0.467 e. The molecule has 1 aliphatic heterocycles. The lowest BCUT2D eigenvalue weighted by molar-refractivity contribution is -0.138. The number of carbonyl (C=O) groups excluding carboxylic acids is 1. The standard InChI is InChI=1S/C18H23N3O2/c1-20(14-15-6-3-2-4-7-15)17(16-8-5-13-23-16)18(22)21-11-9-19-10-12-21/h2-8,13,17,19H,9-12,14H2,1H3. The van der Waals surface area contributed by atoms with E-state index in [0.717, 1.165) is 26.2 Å². The van der Waals surface area contributed by atoms with Crippen LogP contribution in [0.2, 0.25) is 0 Å². The maximum atomic E-state index is 13.0. The number of furan rings is 1. The summed E-state index contributed by atoms with van der Waals surface area (Å²) in [5.74, 6) is 0.812. The molecule has 0 bridgehead atoms. The van der Waals surface area contributed by atoms with Crippen molar-refractivity contribution < 1.29 is 9.21 Å². The van der Waals surface area contributed by atoms with Gasteiger partial charge in [0.15, 0.2) is 0 Å². The van der Waals surface area contributed by atoms with E-state index in [4.69, 9.17) is 4.42 Å². The van der Waals surface area contributed by atoms with E-state index >= 15 is 0 Å². The van der Waals surface area contributed by atoms with Crippen molar-refractivity contribution in [1.82, 2.24) is 15.1 Å². The van der Waals surface area contributed by atoms with Gasteiger partial charge in [0, 0.05) is 32.7 Å². The number of hydrogen-bond donors (Lipinski definition) is 1. The molecule has 1 atom stereocenters. The Kier molecular flexibility index (Phi) is 5.10. The highest BCUT2D eigenvalue weighted by atomic mass is 16.3. The second-order valence-electron chi connectivity index (χ2n) is 5.89. The number of nitrogens with zero attached hydrogens (tertiary/aromatic N) is 2. The lowest BCUT2D eigenvalue weighted by Gasteiger charge is -2.33. The summed E-state index contributed by atoms with van der Waals surface area (Å²) in [5, 5.41) is 3.28. The van der Waals surface area contributed by atoms with Crippen molar-refractivity contribution in [3.8, 4) is 0 Å². The van der Waals surface area contributed by atoms with Crippen LogP contribution in [0.5, 0.6) is 0 Å². The molecule has 2 aromatic rings. The summed E-state index contributed by atoms with van der Waals surface area (Å²) in [6.07, 6.45) is 1.63. The first-order chi connectivity index (χ1) is 11.3. The Morgan fingerprint density at radius 1 is 1.22 bits per heavy atom. The third-order valence-corrected chi connectivity index (χ3v) is 4.19. The molecule has 2 heterocycles. The van der Waals surface area contributed by atoms with Crippen LogP contribution in [0.25, 0.3) is 0 Å². The fraction of sp³-hybridized carbons (Fsp3) is 0.389. The summed E-state index contributed by atoms with van der Waals surface area (Å²) in [6.45, 7) is 3.88. The van der Waals surface area contributed by atoms with Gasteiger partial charge in [-0.2, -0.15) is 0 Å². The SMILES string of the molecule is CN(Cc1ccccc1)C(C(=O)N1CCNCC1)c1ccco1. The van der Waals surface area contributed by atoms with Gasteiger partial charge < -0.3 is 14.6 Å². The van der Waals surface area contributed by atoms with Gasteiger partial charge >= 0.3 is 0 Å². The zero-order chi connectivity index (χ0) is 16.1. The summed E-state index contributed by atoms with van der Waals surface area (Å²) in [4.78, 5) is 17.0. The minimum atomic E-state index is -0.386. The zero-order valence-corrected chi connectivity index (χ0v) is 13.4. The molecule has 1 aromatic carbocycles. The number of hydrogen-bond acceptors (Lipinski definition) is 4. The molecule has 1 N–H and O–H groups in total. The smallest absolute Gasteiger partial charge is 0.247 e. The van der Waals surface area contributed by atoms with Crippen molar-refractivity contribution in [2.75, 3.05) is 33.2 Å². The van der Waals surface area contributed by atoms with E-state index in [2.05, 4.69) is 22.3 Å². The van der Waals surface area contributed by atoms with Crippen LogP contribution in [-0.2, 0) is 11.3 Å². The highest BCUT2D eigenvalue weighted by Gasteiger charge is 2.32. The van der Waals surface area contributed by atoms with E-state index in [-0.39, 0.29) is 11.9 Å². The molecule has 1 unspecified atom stereocenters. The predicted molar refractivity (Wildman–Crippen MR) is 88.8 cm³/mol. The normalized spacial score (nSPS) is 16.5. The maximum absolute atomic E-state index is 13.0. The van der Waals surface area contributed by atoms with Crippen molar-refractivity contribution in [1.29, 1.82) is 0 Å². The lowest BCUT2D eigenvalue weighted by atomic mass is 10.1. The topological polar surface area (TPSA) is 48.7 Å². The van der Waals surface area contributed by atoms with Crippen molar-refractivity contribution >= 4 is 5.91 Å². The average Bonchev–Trinajstić information content (AvgIpc) is 3.11. The first-order valence-electron chi connectivity index (χ1n) is 8.03. The molecule has 0 aliphatic carbocycles. The fourth-order valence-corrected chi connectivity index (χ4v) is 3.00. The van der Waals surface area contributed by atoms with Crippen molar-refractivity contribution in [2.24, 2.45) is 0 Å². The molecule has 23 heavy (non-hydrogen) atoms. The number of nitrogens with one attached hydrogen (secondary N) is 1. The minimum absolute atomic E-state index is 0.111. The van der Waals surface area contributed by atoms with Gasteiger partial charge in [0.05, 0.1) is 6.26 Å². The number of carbonyl (C=O) groups is 1. The highest BCUT2D eigenvalue weighted by molar-refractivity contribution is 5.82. The van der Waals surface area contributed by atoms with Gasteiger partial charge in [-0.25, -0.2) is 0 Å². The van der Waals surface area contributed by atoms with Crippen LogP contribution in [-0.4, -0.2) is 48.9 Å². The van der Waals surface area contributed by atoms with Crippen molar-refractivity contribution in [3.05, 3.63) is 60.1 Å². The second kappa shape index (κ2) is 7.44. The maximum Gasteiger partial charge on any atom is 0.247 e. The summed E-state index contributed by atoms with van der Waals surface area (Å²) in [6, 6.07) is 13.5. The van der Waals surface area contributed by atoms with E-state index in [1.54, 1.807) is 6.26 Å². The third kappa shape index (κ3) is 3.81. The Morgan fingerprint density at radius 3 is 2.61 bits per heavy atom. The largest absolute Gasteiger partial charge is 0.467 e. The van der Waals surface area contributed by atoms with Gasteiger partial charge in [0.2, 0.25) is 5.91 Å². The van der Waals surface area contributed by atoms with Gasteiger partial charge in [0.25, 0.3) is 0 Å². The van der Waals surface area contributed by atoms with Gasteiger partial charge in [-0.3, -0.25) is 9.69 Å². The van der Waals surface area contributed by atoms with Crippen molar-refractivity contribution in [2.45, 2.75) is 12.6 Å². The summed E-state index contributed by atoms with van der Waals surface area (Å²) < 4.78 is 5.56. The molecule has 5 nitrogen and oxygen atoms in total. The Hall–Kier alpha value is -2.11. The van der Waals surface area contributed by atoms with E-state index in [1.165, 1.54) is 5.56 Å². The number of rotatable bonds is 5. The molecule has 0 radical (unpaired) electrons. The summed E-state index contributed by atoms with van der Waals surface area (Å²) >= 11 is 0. The van der Waals surface area contributed by atoms with Gasteiger partial charge in [-0.15, -0.1) is 0 Å². The van der Waals surface area contributed by atoms with E-state index < -0.39 is 0 Å². The Labute approximate surface area is 136 Å². The van der Waals surface area contributed by atoms with Crippen LogP contribution in [0.4, 0.5) is 0 Å². The Balaban J connectivity index is 1.79. The third-order valence-electron chi connectivity index (χ3n) is 4.19. The molecule has 1 fully saturated rings. The predicted octanol–water partition coefficient (Wildman–Crippen LogP) is 1.88. The molecular weight excluding hydrogens is 290 g/mol. The van der Waals surface area contributed by atoms with Gasteiger partial charge in [0.1, 0.15) is 11.8 Å². The Morgan fingerprint density at radius 2 is 1.96 bits per heavy atom. The van der Waals surface area contributed by atoms with Crippen LogP contribution >= 0.6 is 0 Å². The van der Waals surface area contributed by atoms with Crippen molar-refractivity contribution in [3.63, 3.8) is 0 Å². The number of amides is 1. The molecule has 1 saturated heterocycles. The number of benzene rings is 1. The molecule has 1 aromatic heterocycles. The van der Waals surface area contributed by atoms with Gasteiger partial charge in [-0.05, 0) is 24.7 Å². The molecular formula is C18H23N3O2. The molecule has 1 amide bonds. The molecule has 0 spiro atoms. The monoisotopic (exact) mass is 313 g/mol. The van der Waals surface area contributed by atoms with Crippen LogP contribution < -0.4 is 5.32 Å². The molecule has 1 aliphatic rings. The van der Waals surface area contributed by atoms with Gasteiger partial charge in [-0.1, -0.05) is 30.3 Å².